The molecule has 0 aliphatic heterocycles. The summed E-state index contributed by atoms with van der Waals surface area (Å²) in [4.78, 5) is 0. The molecule has 0 atom stereocenters. The minimum Gasteiger partial charge on any atom is -0.317 e. The number of alkyl halides is 3. The second kappa shape index (κ2) is 5.95. The number of aryl methyl sites for hydroxylation is 1. The fraction of sp³-hybridized carbons (Fsp3) is 0.600. The molecule has 0 amide bonds. The monoisotopic (exact) mass is 273 g/mol. The number of nitrogens with one attached hydrogen (secondary N) is 1. The third-order valence-corrected chi connectivity index (χ3v) is 3.46. The Hall–Kier alpha value is -1.03. The van der Waals surface area contributed by atoms with E-state index in [2.05, 4.69) is 19.2 Å². The molecule has 0 unspecified atom stereocenters. The van der Waals surface area contributed by atoms with Gasteiger partial charge < -0.3 is 5.32 Å². The van der Waals surface area contributed by atoms with Gasteiger partial charge in [-0.2, -0.15) is 13.2 Å². The van der Waals surface area contributed by atoms with Crippen molar-refractivity contribution in [1.82, 2.24) is 5.32 Å². The normalized spacial score (nSPS) is 12.8. The Morgan fingerprint density at radius 3 is 2.26 bits per heavy atom. The molecule has 0 bridgehead atoms. The molecule has 108 valence electrons. The molecule has 0 heterocycles. The van der Waals surface area contributed by atoms with Crippen LogP contribution in [0.25, 0.3) is 0 Å². The lowest BCUT2D eigenvalue weighted by Crippen LogP contribution is -2.26. The molecule has 19 heavy (non-hydrogen) atoms. The van der Waals surface area contributed by atoms with Crippen molar-refractivity contribution in [3.8, 4) is 0 Å². The van der Waals surface area contributed by atoms with Crippen molar-refractivity contribution >= 4 is 0 Å². The fourth-order valence-corrected chi connectivity index (χ4v) is 2.31. The Balaban J connectivity index is 2.95. The van der Waals surface area contributed by atoms with Crippen LogP contribution < -0.4 is 5.32 Å². The van der Waals surface area contributed by atoms with Crippen LogP contribution in [0.4, 0.5) is 13.2 Å². The highest BCUT2D eigenvalue weighted by Crippen LogP contribution is 2.34. The molecule has 0 saturated carbocycles. The van der Waals surface area contributed by atoms with Crippen LogP contribution in [0.2, 0.25) is 0 Å². The van der Waals surface area contributed by atoms with E-state index in [9.17, 15) is 13.2 Å². The van der Waals surface area contributed by atoms with Crippen molar-refractivity contribution in [2.75, 3.05) is 13.1 Å². The van der Waals surface area contributed by atoms with E-state index in [1.54, 1.807) is 13.0 Å². The van der Waals surface area contributed by atoms with Crippen LogP contribution in [-0.2, 0) is 11.6 Å². The van der Waals surface area contributed by atoms with E-state index in [0.717, 1.165) is 25.1 Å². The topological polar surface area (TPSA) is 12.0 Å². The first kappa shape index (κ1) is 16.0. The van der Waals surface area contributed by atoms with Gasteiger partial charge in [-0.15, -0.1) is 0 Å². The molecule has 0 saturated heterocycles. The summed E-state index contributed by atoms with van der Waals surface area (Å²) in [6.07, 6.45) is -3.37. The van der Waals surface area contributed by atoms with Gasteiger partial charge in [0.1, 0.15) is 0 Å². The zero-order chi connectivity index (χ0) is 14.7. The lowest BCUT2D eigenvalue weighted by atomic mass is 9.79. The van der Waals surface area contributed by atoms with Crippen LogP contribution in [0.5, 0.6) is 0 Å². The van der Waals surface area contributed by atoms with E-state index in [1.807, 2.05) is 6.92 Å². The van der Waals surface area contributed by atoms with Gasteiger partial charge in [0.15, 0.2) is 0 Å². The maximum atomic E-state index is 12.6. The van der Waals surface area contributed by atoms with E-state index >= 15 is 0 Å². The van der Waals surface area contributed by atoms with Gasteiger partial charge in [-0.25, -0.2) is 0 Å². The molecular weight excluding hydrogens is 251 g/mol. The highest BCUT2D eigenvalue weighted by atomic mass is 19.4. The van der Waals surface area contributed by atoms with E-state index in [0.29, 0.717) is 5.56 Å². The second-order valence-electron chi connectivity index (χ2n) is 5.51. The summed E-state index contributed by atoms with van der Waals surface area (Å²) in [5.41, 5.74) is 0.988. The quantitative estimate of drug-likeness (QED) is 0.789. The van der Waals surface area contributed by atoms with Crippen molar-refractivity contribution in [3.05, 3.63) is 34.9 Å². The first-order chi connectivity index (χ1) is 8.68. The number of hydrogen-bond donors (Lipinski definition) is 1. The van der Waals surface area contributed by atoms with Crippen molar-refractivity contribution in [3.63, 3.8) is 0 Å². The predicted octanol–water partition coefficient (Wildman–Crippen LogP) is 4.29. The van der Waals surface area contributed by atoms with Crippen LogP contribution in [0, 0.1) is 6.92 Å². The van der Waals surface area contributed by atoms with Gasteiger partial charge in [-0.1, -0.05) is 26.8 Å². The molecule has 0 aliphatic rings. The van der Waals surface area contributed by atoms with Gasteiger partial charge in [0.25, 0.3) is 0 Å². The van der Waals surface area contributed by atoms with Crippen molar-refractivity contribution in [2.45, 2.75) is 45.7 Å². The standard InChI is InChI=1S/C15H22F3N/c1-5-19-9-8-14(3,4)13-7-6-12(10-11(13)2)15(16,17)18/h6-7,10,19H,5,8-9H2,1-4H3. The van der Waals surface area contributed by atoms with Crippen LogP contribution in [0.1, 0.15) is 43.9 Å². The van der Waals surface area contributed by atoms with E-state index in [1.165, 1.54) is 12.1 Å². The fourth-order valence-electron chi connectivity index (χ4n) is 2.31. The van der Waals surface area contributed by atoms with Crippen LogP contribution in [-0.4, -0.2) is 13.1 Å². The summed E-state index contributed by atoms with van der Waals surface area (Å²) >= 11 is 0. The Labute approximate surface area is 113 Å². The molecular formula is C15H22F3N. The molecule has 0 fully saturated rings. The van der Waals surface area contributed by atoms with Crippen molar-refractivity contribution in [2.24, 2.45) is 0 Å². The third-order valence-electron chi connectivity index (χ3n) is 3.46. The van der Waals surface area contributed by atoms with Gasteiger partial charge >= 0.3 is 6.18 Å². The summed E-state index contributed by atoms with van der Waals surface area (Å²) in [5.74, 6) is 0. The molecule has 1 aromatic rings. The molecule has 1 nitrogen and oxygen atoms in total. The van der Waals surface area contributed by atoms with Crippen LogP contribution >= 0.6 is 0 Å². The lowest BCUT2D eigenvalue weighted by Gasteiger charge is -2.28. The maximum absolute atomic E-state index is 12.6. The third kappa shape index (κ3) is 4.23. The maximum Gasteiger partial charge on any atom is 0.416 e. The lowest BCUT2D eigenvalue weighted by molar-refractivity contribution is -0.137. The Bertz CT molecular complexity index is 422. The number of halogens is 3. The minimum absolute atomic E-state index is 0.129. The molecule has 1 N–H and O–H groups in total. The van der Waals surface area contributed by atoms with Crippen LogP contribution in [0.3, 0.4) is 0 Å². The van der Waals surface area contributed by atoms with Crippen molar-refractivity contribution in [1.29, 1.82) is 0 Å². The highest BCUT2D eigenvalue weighted by Gasteiger charge is 2.32. The average molecular weight is 273 g/mol. The Morgan fingerprint density at radius 2 is 1.79 bits per heavy atom. The second-order valence-corrected chi connectivity index (χ2v) is 5.51. The summed E-state index contributed by atoms with van der Waals surface area (Å²) in [7, 11) is 0. The van der Waals surface area contributed by atoms with Gasteiger partial charge in [-0.05, 0) is 55.1 Å². The largest absolute Gasteiger partial charge is 0.416 e. The van der Waals surface area contributed by atoms with E-state index in [4.69, 9.17) is 0 Å². The minimum atomic E-state index is -4.27. The molecule has 0 spiro atoms. The van der Waals surface area contributed by atoms with Gasteiger partial charge in [0.05, 0.1) is 5.56 Å². The molecule has 0 radical (unpaired) electrons. The summed E-state index contributed by atoms with van der Waals surface area (Å²) in [6.45, 7) is 9.70. The molecule has 0 aromatic heterocycles. The van der Waals surface area contributed by atoms with Gasteiger partial charge in [0.2, 0.25) is 0 Å². The SMILES string of the molecule is CCNCCC(C)(C)c1ccc(C(F)(F)F)cc1C. The first-order valence-corrected chi connectivity index (χ1v) is 6.57. The predicted molar refractivity (Wildman–Crippen MR) is 72.4 cm³/mol. The van der Waals surface area contributed by atoms with E-state index < -0.39 is 11.7 Å². The smallest absolute Gasteiger partial charge is 0.317 e. The summed E-state index contributed by atoms with van der Waals surface area (Å²) in [6, 6.07) is 4.03. The average Bonchev–Trinajstić information content (AvgIpc) is 2.27. The number of hydrogen-bond acceptors (Lipinski definition) is 1. The summed E-state index contributed by atoms with van der Waals surface area (Å²) < 4.78 is 37.9. The van der Waals surface area contributed by atoms with E-state index in [-0.39, 0.29) is 5.41 Å². The zero-order valence-electron chi connectivity index (χ0n) is 12.0. The number of rotatable bonds is 5. The molecule has 0 aliphatic carbocycles. The van der Waals surface area contributed by atoms with Crippen molar-refractivity contribution < 1.29 is 13.2 Å². The Kier molecular flexibility index (Phi) is 5.02. The van der Waals surface area contributed by atoms with Gasteiger partial charge in [-0.3, -0.25) is 0 Å². The first-order valence-electron chi connectivity index (χ1n) is 6.57. The Morgan fingerprint density at radius 1 is 1.16 bits per heavy atom. The molecule has 1 rings (SSSR count). The van der Waals surface area contributed by atoms with Crippen LogP contribution in [0.15, 0.2) is 18.2 Å². The number of benzene rings is 1. The summed E-state index contributed by atoms with van der Waals surface area (Å²) in [5, 5.41) is 3.25. The zero-order valence-corrected chi connectivity index (χ0v) is 12.0. The molecule has 1 aromatic carbocycles. The molecule has 4 heteroatoms. The van der Waals surface area contributed by atoms with Gasteiger partial charge in [0, 0.05) is 0 Å². The highest BCUT2D eigenvalue weighted by molar-refractivity contribution is 5.37.